The summed E-state index contributed by atoms with van der Waals surface area (Å²) in [6.07, 6.45) is 1.50. The molecule has 1 aromatic rings. The van der Waals surface area contributed by atoms with E-state index in [1.807, 2.05) is 0 Å². The minimum Gasteiger partial charge on any atom is -0.493 e. The van der Waals surface area contributed by atoms with E-state index in [2.05, 4.69) is 9.88 Å². The van der Waals surface area contributed by atoms with E-state index in [4.69, 9.17) is 26.1 Å². The molecular weight excluding hydrogens is 352 g/mol. The van der Waals surface area contributed by atoms with Crippen molar-refractivity contribution in [1.82, 2.24) is 4.72 Å². The second-order valence-electron chi connectivity index (χ2n) is 5.18. The average Bonchev–Trinajstić information content (AvgIpc) is 2.50. The number of sulfonamides is 1. The highest BCUT2D eigenvalue weighted by Gasteiger charge is 2.21. The van der Waals surface area contributed by atoms with Gasteiger partial charge in [0.05, 0.1) is 12.9 Å². The Morgan fingerprint density at radius 3 is 2.44 bits per heavy atom. The van der Waals surface area contributed by atoms with Crippen LogP contribution in [-0.2, 0) is 26.1 Å². The number of hydrogen-bond acceptors (Lipinski definition) is 6. The van der Waals surface area contributed by atoms with Gasteiger partial charge in [-0.25, -0.2) is 13.1 Å². The van der Waals surface area contributed by atoms with Crippen molar-refractivity contribution in [3.05, 3.63) is 29.8 Å². The summed E-state index contributed by atoms with van der Waals surface area (Å²) in [7, 11) is -3.61. The van der Waals surface area contributed by atoms with Crippen LogP contribution in [-0.4, -0.2) is 51.0 Å². The number of nitrogens with zero attached hydrogens (tertiary/aromatic N) is 1. The van der Waals surface area contributed by atoms with E-state index in [0.717, 1.165) is 6.26 Å². The number of carboxylic acids is 1. The number of nitrogens with two attached hydrogens (primary N) is 2. The van der Waals surface area contributed by atoms with Gasteiger partial charge >= 0.3 is 5.97 Å². The first kappa shape index (κ1) is 20.5. The van der Waals surface area contributed by atoms with Crippen LogP contribution in [0.1, 0.15) is 12.0 Å². The largest absolute Gasteiger partial charge is 0.493 e. The minimum absolute atomic E-state index is 0.0229. The molecule has 10 nitrogen and oxygen atoms in total. The first-order valence-corrected chi connectivity index (χ1v) is 9.19. The van der Waals surface area contributed by atoms with Crippen LogP contribution in [0.3, 0.4) is 0 Å². The van der Waals surface area contributed by atoms with E-state index in [1.165, 1.54) is 0 Å². The second-order valence-corrected chi connectivity index (χ2v) is 6.96. The van der Waals surface area contributed by atoms with Crippen molar-refractivity contribution in [1.29, 1.82) is 0 Å². The summed E-state index contributed by atoms with van der Waals surface area (Å²) >= 11 is 0. The zero-order chi connectivity index (χ0) is 18.9. The fourth-order valence-electron chi connectivity index (χ4n) is 1.83. The van der Waals surface area contributed by atoms with Gasteiger partial charge < -0.3 is 26.1 Å². The third-order valence-corrected chi connectivity index (χ3v) is 3.55. The molecule has 140 valence electrons. The highest BCUT2D eigenvalue weighted by atomic mass is 32.2. The maximum absolute atomic E-state index is 11.2. The third-order valence-electron chi connectivity index (χ3n) is 2.84. The Morgan fingerprint density at radius 1 is 1.28 bits per heavy atom. The highest BCUT2D eigenvalue weighted by molar-refractivity contribution is 7.88. The third kappa shape index (κ3) is 9.37. The predicted molar refractivity (Wildman–Crippen MR) is 91.4 cm³/mol. The smallest absolute Gasteiger partial charge is 0.322 e. The van der Waals surface area contributed by atoms with E-state index in [1.54, 1.807) is 24.3 Å². The fourth-order valence-corrected chi connectivity index (χ4v) is 2.53. The standard InChI is InChI=1S/C14H22N4O6S/c1-25(21,22)18-12(13(19)20)9-10-3-5-11(6-4-10)23-7-2-8-24-17-14(15)16/h3-6,12,18H,2,7-9H2,1H3,(H,19,20)(H4,15,16,17)/t12-/m0/s1. The van der Waals surface area contributed by atoms with Crippen LogP contribution in [0, 0.1) is 0 Å². The van der Waals surface area contributed by atoms with Crippen molar-refractivity contribution < 1.29 is 27.9 Å². The number of benzene rings is 1. The van der Waals surface area contributed by atoms with Crippen LogP contribution in [0.5, 0.6) is 5.75 Å². The van der Waals surface area contributed by atoms with Gasteiger partial charge in [0, 0.05) is 6.42 Å². The van der Waals surface area contributed by atoms with E-state index in [-0.39, 0.29) is 12.4 Å². The summed E-state index contributed by atoms with van der Waals surface area (Å²) in [4.78, 5) is 15.9. The lowest BCUT2D eigenvalue weighted by Gasteiger charge is -2.13. The molecule has 0 saturated heterocycles. The van der Waals surface area contributed by atoms with Gasteiger partial charge in [-0.1, -0.05) is 12.1 Å². The van der Waals surface area contributed by atoms with Gasteiger partial charge in [0.1, 0.15) is 18.4 Å². The minimum atomic E-state index is -3.61. The van der Waals surface area contributed by atoms with Crippen molar-refractivity contribution in [2.45, 2.75) is 18.9 Å². The molecule has 1 rings (SSSR count). The summed E-state index contributed by atoms with van der Waals surface area (Å²) in [5.41, 5.74) is 10.9. The average molecular weight is 374 g/mol. The molecule has 0 fully saturated rings. The number of aliphatic carboxylic acids is 1. The molecule has 0 amide bonds. The molecule has 0 heterocycles. The molecular formula is C14H22N4O6S. The number of ether oxygens (including phenoxy) is 1. The van der Waals surface area contributed by atoms with Crippen molar-refractivity contribution in [2.75, 3.05) is 19.5 Å². The van der Waals surface area contributed by atoms with Gasteiger partial charge in [-0.3, -0.25) is 4.79 Å². The summed E-state index contributed by atoms with van der Waals surface area (Å²) in [5.74, 6) is -0.804. The number of rotatable bonds is 11. The van der Waals surface area contributed by atoms with Crippen molar-refractivity contribution >= 4 is 22.0 Å². The number of oxime groups is 1. The van der Waals surface area contributed by atoms with Crippen molar-refractivity contribution in [3.63, 3.8) is 0 Å². The van der Waals surface area contributed by atoms with E-state index >= 15 is 0 Å². The topological polar surface area (TPSA) is 166 Å². The number of guanidine groups is 1. The lowest BCUT2D eigenvalue weighted by Crippen LogP contribution is -2.41. The Bertz CT molecular complexity index is 686. The molecule has 0 spiro atoms. The molecule has 0 aromatic heterocycles. The van der Waals surface area contributed by atoms with Gasteiger partial charge in [-0.2, -0.15) is 0 Å². The predicted octanol–water partition coefficient (Wildman–Crippen LogP) is -0.795. The number of carbonyl (C=O) groups is 1. The van der Waals surface area contributed by atoms with Crippen LogP contribution >= 0.6 is 0 Å². The van der Waals surface area contributed by atoms with Gasteiger partial charge in [0.2, 0.25) is 16.0 Å². The van der Waals surface area contributed by atoms with Gasteiger partial charge in [0.15, 0.2) is 0 Å². The summed E-state index contributed by atoms with van der Waals surface area (Å²) in [6.45, 7) is 0.681. The lowest BCUT2D eigenvalue weighted by atomic mass is 10.1. The number of carboxylic acid groups (broad SMARTS) is 1. The summed E-state index contributed by atoms with van der Waals surface area (Å²) in [6, 6.07) is 5.46. The Labute approximate surface area is 145 Å². The summed E-state index contributed by atoms with van der Waals surface area (Å²) in [5, 5.41) is 12.5. The maximum Gasteiger partial charge on any atom is 0.322 e. The zero-order valence-electron chi connectivity index (χ0n) is 13.7. The van der Waals surface area contributed by atoms with Crippen LogP contribution in [0.2, 0.25) is 0 Å². The molecule has 0 aliphatic rings. The summed E-state index contributed by atoms with van der Waals surface area (Å²) < 4.78 is 30.0. The van der Waals surface area contributed by atoms with Crippen molar-refractivity contribution in [3.8, 4) is 5.75 Å². The van der Waals surface area contributed by atoms with Gasteiger partial charge in [-0.15, -0.1) is 0 Å². The Hall–Kier alpha value is -2.53. The Morgan fingerprint density at radius 2 is 1.92 bits per heavy atom. The van der Waals surface area contributed by atoms with Crippen LogP contribution in [0.4, 0.5) is 0 Å². The molecule has 1 atom stereocenters. The molecule has 0 bridgehead atoms. The molecule has 0 saturated carbocycles. The molecule has 1 aromatic carbocycles. The lowest BCUT2D eigenvalue weighted by molar-refractivity contribution is -0.138. The molecule has 11 heteroatoms. The van der Waals surface area contributed by atoms with E-state index < -0.39 is 22.0 Å². The molecule has 0 aliphatic heterocycles. The fraction of sp³-hybridized carbons (Fsp3) is 0.429. The zero-order valence-corrected chi connectivity index (χ0v) is 14.5. The highest BCUT2D eigenvalue weighted by Crippen LogP contribution is 2.14. The van der Waals surface area contributed by atoms with Gasteiger partial charge in [0.25, 0.3) is 0 Å². The molecule has 0 radical (unpaired) electrons. The van der Waals surface area contributed by atoms with Gasteiger partial charge in [-0.05, 0) is 29.3 Å². The van der Waals surface area contributed by atoms with E-state index in [9.17, 15) is 13.2 Å². The molecule has 25 heavy (non-hydrogen) atoms. The van der Waals surface area contributed by atoms with Crippen LogP contribution in [0.15, 0.2) is 29.4 Å². The molecule has 0 unspecified atom stereocenters. The van der Waals surface area contributed by atoms with E-state index in [0.29, 0.717) is 30.9 Å². The first-order valence-electron chi connectivity index (χ1n) is 7.30. The molecule has 0 aliphatic carbocycles. The first-order chi connectivity index (χ1) is 11.7. The number of nitrogens with one attached hydrogen (secondary N) is 1. The van der Waals surface area contributed by atoms with Crippen LogP contribution < -0.4 is 20.9 Å². The second kappa shape index (κ2) is 9.69. The monoisotopic (exact) mass is 374 g/mol. The SMILES string of the molecule is CS(=O)(=O)N[C@@H](Cc1ccc(OCCCON=C(N)N)cc1)C(=O)O. The quantitative estimate of drug-likeness (QED) is 0.169. The maximum atomic E-state index is 11.2. The number of hydrogen-bond donors (Lipinski definition) is 4. The van der Waals surface area contributed by atoms with Crippen molar-refractivity contribution in [2.24, 2.45) is 16.6 Å². The normalized spacial score (nSPS) is 12.2. The Balaban J connectivity index is 2.47. The Kier molecular flexibility index (Phi) is 7.95. The molecule has 6 N–H and O–H groups in total. The van der Waals surface area contributed by atoms with Crippen LogP contribution in [0.25, 0.3) is 0 Å².